The van der Waals surface area contributed by atoms with Crippen molar-refractivity contribution in [1.82, 2.24) is 0 Å². The molecular formula is C12H13Cl3O. The van der Waals surface area contributed by atoms with Crippen LogP contribution in [0.1, 0.15) is 12.0 Å². The second-order valence-electron chi connectivity index (χ2n) is 4.04. The first-order valence-corrected chi connectivity index (χ1v) is 6.52. The van der Waals surface area contributed by atoms with Crippen LogP contribution in [0.15, 0.2) is 18.2 Å². The highest BCUT2D eigenvalue weighted by Gasteiger charge is 2.25. The van der Waals surface area contributed by atoms with Gasteiger partial charge in [0, 0.05) is 27.9 Å². The van der Waals surface area contributed by atoms with Crippen molar-refractivity contribution in [3.63, 3.8) is 0 Å². The lowest BCUT2D eigenvalue weighted by molar-refractivity contribution is 0.0578. The van der Waals surface area contributed by atoms with Crippen molar-refractivity contribution >= 4 is 34.8 Å². The molecule has 0 amide bonds. The van der Waals surface area contributed by atoms with Gasteiger partial charge in [-0.2, -0.15) is 0 Å². The lowest BCUT2D eigenvalue weighted by Crippen LogP contribution is -2.29. The van der Waals surface area contributed by atoms with Crippen molar-refractivity contribution in [2.75, 3.05) is 13.2 Å². The van der Waals surface area contributed by atoms with Crippen LogP contribution in [-0.4, -0.2) is 18.6 Å². The Morgan fingerprint density at radius 3 is 2.56 bits per heavy atom. The third-order valence-electron chi connectivity index (χ3n) is 2.91. The van der Waals surface area contributed by atoms with Crippen molar-refractivity contribution in [2.24, 2.45) is 5.92 Å². The van der Waals surface area contributed by atoms with Gasteiger partial charge in [0.15, 0.2) is 0 Å². The topological polar surface area (TPSA) is 9.23 Å². The molecule has 16 heavy (non-hydrogen) atoms. The summed E-state index contributed by atoms with van der Waals surface area (Å²) in [6.45, 7) is 1.44. The van der Waals surface area contributed by atoms with Crippen molar-refractivity contribution in [1.29, 1.82) is 0 Å². The van der Waals surface area contributed by atoms with Gasteiger partial charge in [0.05, 0.1) is 6.61 Å². The molecular weight excluding hydrogens is 266 g/mol. The molecule has 4 heteroatoms. The zero-order valence-corrected chi connectivity index (χ0v) is 11.0. The summed E-state index contributed by atoms with van der Waals surface area (Å²) in [5.74, 6) is 0.299. The highest BCUT2D eigenvalue weighted by atomic mass is 35.5. The lowest BCUT2D eigenvalue weighted by atomic mass is 9.93. The molecule has 0 aromatic heterocycles. The van der Waals surface area contributed by atoms with Crippen LogP contribution in [0, 0.1) is 5.92 Å². The molecule has 1 nitrogen and oxygen atoms in total. The fraction of sp³-hybridized carbons (Fsp3) is 0.500. The molecule has 1 saturated heterocycles. The molecule has 0 N–H and O–H groups in total. The van der Waals surface area contributed by atoms with Crippen LogP contribution >= 0.6 is 34.8 Å². The summed E-state index contributed by atoms with van der Waals surface area (Å²) < 4.78 is 5.43. The van der Waals surface area contributed by atoms with E-state index < -0.39 is 0 Å². The van der Waals surface area contributed by atoms with E-state index in [1.165, 1.54) is 0 Å². The molecule has 1 fully saturated rings. The summed E-state index contributed by atoms with van der Waals surface area (Å²) in [6.07, 6.45) is 1.68. The van der Waals surface area contributed by atoms with Crippen molar-refractivity contribution in [2.45, 2.75) is 18.2 Å². The van der Waals surface area contributed by atoms with Crippen molar-refractivity contribution in [3.05, 3.63) is 33.8 Å². The Balaban J connectivity index is 2.13. The van der Waals surface area contributed by atoms with E-state index in [1.807, 2.05) is 18.2 Å². The van der Waals surface area contributed by atoms with E-state index >= 15 is 0 Å². The average molecular weight is 280 g/mol. The van der Waals surface area contributed by atoms with E-state index in [0.29, 0.717) is 22.6 Å². The zero-order valence-electron chi connectivity index (χ0n) is 8.76. The second kappa shape index (κ2) is 5.59. The minimum absolute atomic E-state index is 0.154. The average Bonchev–Trinajstić information content (AvgIpc) is 2.26. The first kappa shape index (κ1) is 12.5. The SMILES string of the molecule is Clc1cccc(Cl)c1CC1COCCC1Cl. The predicted molar refractivity (Wildman–Crippen MR) is 68.7 cm³/mol. The van der Waals surface area contributed by atoms with Crippen molar-refractivity contribution in [3.8, 4) is 0 Å². The number of rotatable bonds is 2. The van der Waals surface area contributed by atoms with E-state index in [4.69, 9.17) is 39.5 Å². The summed E-state index contributed by atoms with van der Waals surface area (Å²) in [4.78, 5) is 0. The van der Waals surface area contributed by atoms with E-state index in [2.05, 4.69) is 0 Å². The Morgan fingerprint density at radius 2 is 1.94 bits per heavy atom. The molecule has 2 rings (SSSR count). The van der Waals surface area contributed by atoms with Gasteiger partial charge in [-0.05, 0) is 30.5 Å². The first-order chi connectivity index (χ1) is 7.68. The number of benzene rings is 1. The maximum absolute atomic E-state index is 6.27. The van der Waals surface area contributed by atoms with Gasteiger partial charge in [-0.3, -0.25) is 0 Å². The summed E-state index contributed by atoms with van der Waals surface area (Å²) in [5, 5.41) is 1.57. The molecule has 1 heterocycles. The zero-order chi connectivity index (χ0) is 11.5. The van der Waals surface area contributed by atoms with Gasteiger partial charge in [-0.25, -0.2) is 0 Å². The highest BCUT2D eigenvalue weighted by molar-refractivity contribution is 6.36. The molecule has 1 aromatic carbocycles. The Bertz CT molecular complexity index is 347. The molecule has 2 unspecified atom stereocenters. The molecule has 0 saturated carbocycles. The molecule has 0 radical (unpaired) electrons. The van der Waals surface area contributed by atoms with E-state index in [9.17, 15) is 0 Å². The van der Waals surface area contributed by atoms with Crippen LogP contribution in [0.2, 0.25) is 10.0 Å². The van der Waals surface area contributed by atoms with Gasteiger partial charge in [0.25, 0.3) is 0 Å². The molecule has 88 valence electrons. The lowest BCUT2D eigenvalue weighted by Gasteiger charge is -2.27. The smallest absolute Gasteiger partial charge is 0.0511 e. The minimum atomic E-state index is 0.154. The third-order valence-corrected chi connectivity index (χ3v) is 4.19. The van der Waals surface area contributed by atoms with Crippen LogP contribution in [0.4, 0.5) is 0 Å². The van der Waals surface area contributed by atoms with E-state index in [-0.39, 0.29) is 5.38 Å². The Morgan fingerprint density at radius 1 is 1.25 bits per heavy atom. The molecule has 1 aliphatic heterocycles. The van der Waals surface area contributed by atoms with Crippen LogP contribution in [0.5, 0.6) is 0 Å². The minimum Gasteiger partial charge on any atom is -0.381 e. The van der Waals surface area contributed by atoms with Crippen LogP contribution < -0.4 is 0 Å². The van der Waals surface area contributed by atoms with Crippen LogP contribution in [-0.2, 0) is 11.2 Å². The summed E-state index contributed by atoms with van der Waals surface area (Å²) >= 11 is 18.5. The Hall–Kier alpha value is 0.0500. The van der Waals surface area contributed by atoms with Gasteiger partial charge >= 0.3 is 0 Å². The maximum atomic E-state index is 6.27. The van der Waals surface area contributed by atoms with Gasteiger partial charge < -0.3 is 4.74 Å². The summed E-state index contributed by atoms with van der Waals surface area (Å²) in [7, 11) is 0. The molecule has 0 spiro atoms. The van der Waals surface area contributed by atoms with E-state index in [1.54, 1.807) is 0 Å². The first-order valence-electron chi connectivity index (χ1n) is 5.33. The molecule has 2 atom stereocenters. The second-order valence-corrected chi connectivity index (χ2v) is 5.42. The molecule has 1 aromatic rings. The fourth-order valence-electron chi connectivity index (χ4n) is 1.95. The molecule has 1 aliphatic rings. The number of ether oxygens (including phenoxy) is 1. The number of hydrogen-bond acceptors (Lipinski definition) is 1. The maximum Gasteiger partial charge on any atom is 0.0511 e. The highest BCUT2D eigenvalue weighted by Crippen LogP contribution is 2.31. The number of alkyl halides is 1. The van der Waals surface area contributed by atoms with Gasteiger partial charge in [0.1, 0.15) is 0 Å². The summed E-state index contributed by atoms with van der Waals surface area (Å²) in [5.41, 5.74) is 0.979. The summed E-state index contributed by atoms with van der Waals surface area (Å²) in [6, 6.07) is 5.56. The van der Waals surface area contributed by atoms with E-state index in [0.717, 1.165) is 25.0 Å². The Labute approximate surface area is 111 Å². The van der Waals surface area contributed by atoms with Gasteiger partial charge in [0.2, 0.25) is 0 Å². The number of hydrogen-bond donors (Lipinski definition) is 0. The van der Waals surface area contributed by atoms with Gasteiger partial charge in [-0.1, -0.05) is 29.3 Å². The molecule has 0 aliphatic carbocycles. The quantitative estimate of drug-likeness (QED) is 0.738. The van der Waals surface area contributed by atoms with Crippen LogP contribution in [0.3, 0.4) is 0 Å². The third kappa shape index (κ3) is 2.84. The predicted octanol–water partition coefficient (Wildman–Crippen LogP) is 4.18. The molecule has 0 bridgehead atoms. The normalized spacial score (nSPS) is 25.7. The largest absolute Gasteiger partial charge is 0.381 e. The number of halogens is 3. The fourth-order valence-corrected chi connectivity index (χ4v) is 2.75. The van der Waals surface area contributed by atoms with Crippen molar-refractivity contribution < 1.29 is 4.74 Å². The standard InChI is InChI=1S/C12H13Cl3O/c13-10-4-5-16-7-8(10)6-9-11(14)2-1-3-12(9)15/h1-3,8,10H,4-7H2. The van der Waals surface area contributed by atoms with Crippen LogP contribution in [0.25, 0.3) is 0 Å². The monoisotopic (exact) mass is 278 g/mol. The Kier molecular flexibility index (Phi) is 4.37. The van der Waals surface area contributed by atoms with Gasteiger partial charge in [-0.15, -0.1) is 11.6 Å².